The largest absolute Gasteiger partial charge is 0.393 e. The van der Waals surface area contributed by atoms with Crippen LogP contribution in [0.25, 0.3) is 0 Å². The first kappa shape index (κ1) is 23.8. The van der Waals surface area contributed by atoms with Crippen molar-refractivity contribution in [1.29, 1.82) is 0 Å². The first-order valence-electron chi connectivity index (χ1n) is 11.1. The predicted octanol–water partition coefficient (Wildman–Crippen LogP) is 2.90. The van der Waals surface area contributed by atoms with Crippen LogP contribution in [0.3, 0.4) is 0 Å². The van der Waals surface area contributed by atoms with E-state index in [1.54, 1.807) is 31.8 Å². The summed E-state index contributed by atoms with van der Waals surface area (Å²) in [4.78, 5) is 39.5. The third-order valence-corrected chi connectivity index (χ3v) is 6.57. The molecule has 1 aliphatic heterocycles. The van der Waals surface area contributed by atoms with E-state index < -0.39 is 29.0 Å². The molecule has 1 fully saturated rings. The van der Waals surface area contributed by atoms with E-state index in [1.807, 2.05) is 0 Å². The highest BCUT2D eigenvalue weighted by atomic mass is 35.5. The zero-order valence-electron chi connectivity index (χ0n) is 19.3. The fraction of sp³-hybridized carbons (Fsp3) is 0.375. The fourth-order valence-corrected chi connectivity index (χ4v) is 4.92. The molecule has 0 bridgehead atoms. The molecule has 1 saturated carbocycles. The van der Waals surface area contributed by atoms with Crippen LogP contribution in [0.1, 0.15) is 51.4 Å². The number of amides is 2. The number of nitrogens with zero attached hydrogens (tertiary/aromatic N) is 1. The van der Waals surface area contributed by atoms with Gasteiger partial charge in [-0.25, -0.2) is 4.39 Å². The molecule has 0 spiro atoms. The van der Waals surface area contributed by atoms with Crippen molar-refractivity contribution in [1.82, 2.24) is 20.5 Å². The Morgan fingerprint density at radius 3 is 2.53 bits per heavy atom. The van der Waals surface area contributed by atoms with Gasteiger partial charge in [-0.2, -0.15) is 0 Å². The normalized spacial score (nSPS) is 16.0. The molecule has 1 aromatic carbocycles. The van der Waals surface area contributed by atoms with E-state index in [1.165, 1.54) is 12.1 Å². The highest BCUT2D eigenvalue weighted by Gasteiger charge is 2.48. The number of benzene rings is 1. The van der Waals surface area contributed by atoms with Crippen molar-refractivity contribution in [3.8, 4) is 0 Å². The molecule has 2 aliphatic rings. The monoisotopic (exact) mass is 487 g/mol. The molecule has 4 N–H and O–H groups in total. The number of fused-ring (bicyclic) bond motifs is 1. The summed E-state index contributed by atoms with van der Waals surface area (Å²) in [5, 5.41) is 11.7. The van der Waals surface area contributed by atoms with E-state index >= 15 is 0 Å². The Balaban J connectivity index is 1.62. The second kappa shape index (κ2) is 9.13. The van der Waals surface area contributed by atoms with Gasteiger partial charge in [0.15, 0.2) is 0 Å². The maximum Gasteiger partial charge on any atom is 0.293 e. The lowest BCUT2D eigenvalue weighted by atomic mass is 10.0. The maximum atomic E-state index is 13.7. The zero-order chi connectivity index (χ0) is 24.6. The molecule has 8 nitrogen and oxygen atoms in total. The van der Waals surface area contributed by atoms with Gasteiger partial charge < -0.3 is 25.8 Å². The third-order valence-electron chi connectivity index (χ3n) is 6.36. The number of carbonyl (C=O) groups is 3. The molecular formula is C24H27ClFN5O3. The predicted molar refractivity (Wildman–Crippen MR) is 127 cm³/mol. The van der Waals surface area contributed by atoms with Gasteiger partial charge in [0.05, 0.1) is 16.8 Å². The number of Topliss-reactive ketones (excluding diaryl/α,β-unsaturated/α-hetero) is 1. The highest BCUT2D eigenvalue weighted by Crippen LogP contribution is 2.41. The average molecular weight is 488 g/mol. The van der Waals surface area contributed by atoms with Gasteiger partial charge in [0.1, 0.15) is 11.5 Å². The van der Waals surface area contributed by atoms with Crippen LogP contribution in [-0.4, -0.2) is 41.8 Å². The van der Waals surface area contributed by atoms with Crippen molar-refractivity contribution in [2.24, 2.45) is 0 Å². The van der Waals surface area contributed by atoms with Gasteiger partial charge >= 0.3 is 0 Å². The van der Waals surface area contributed by atoms with Gasteiger partial charge in [-0.3, -0.25) is 14.4 Å². The summed E-state index contributed by atoms with van der Waals surface area (Å²) in [5.41, 5.74) is 2.05. The van der Waals surface area contributed by atoms with Crippen LogP contribution >= 0.6 is 11.6 Å². The van der Waals surface area contributed by atoms with Crippen LogP contribution in [0.4, 0.5) is 10.1 Å². The quantitative estimate of drug-likeness (QED) is 0.338. The second-order valence-electron chi connectivity index (χ2n) is 8.62. The Hall–Kier alpha value is -3.33. The summed E-state index contributed by atoms with van der Waals surface area (Å²) in [6.45, 7) is 2.21. The van der Waals surface area contributed by atoms with E-state index in [9.17, 15) is 18.8 Å². The van der Waals surface area contributed by atoms with Crippen LogP contribution in [-0.2, 0) is 17.8 Å². The van der Waals surface area contributed by atoms with Crippen molar-refractivity contribution in [3.63, 3.8) is 0 Å². The van der Waals surface area contributed by atoms with Gasteiger partial charge in [-0.05, 0) is 56.4 Å². The van der Waals surface area contributed by atoms with E-state index in [2.05, 4.69) is 21.3 Å². The Morgan fingerprint density at radius 2 is 1.91 bits per heavy atom. The number of carbonyl (C=O) groups excluding carboxylic acids is 3. The van der Waals surface area contributed by atoms with Crippen molar-refractivity contribution in [2.75, 3.05) is 19.4 Å². The van der Waals surface area contributed by atoms with E-state index in [0.717, 1.165) is 31.0 Å². The van der Waals surface area contributed by atoms with Crippen LogP contribution in [0.5, 0.6) is 0 Å². The molecule has 0 radical (unpaired) electrons. The number of halogens is 2. The number of anilines is 1. The Morgan fingerprint density at radius 1 is 1.18 bits per heavy atom. The lowest BCUT2D eigenvalue weighted by Gasteiger charge is -2.20. The Bertz CT molecular complexity index is 1200. The topological polar surface area (TPSA) is 104 Å². The SMILES string of the molecule is CN/C=C(\NC)C1(NC(=O)C(=O)c2c(C)c(C(=O)Nc3cc(F)cc(Cl)c3)n3c2CCC3)CC1. The first-order valence-corrected chi connectivity index (χ1v) is 11.5. The zero-order valence-corrected chi connectivity index (χ0v) is 20.0. The minimum Gasteiger partial charge on any atom is -0.393 e. The summed E-state index contributed by atoms with van der Waals surface area (Å²) in [6.07, 6.45) is 4.54. The van der Waals surface area contributed by atoms with Gasteiger partial charge in [0, 0.05) is 43.2 Å². The Labute approximate surface area is 201 Å². The Kier molecular flexibility index (Phi) is 6.40. The maximum absolute atomic E-state index is 13.7. The molecule has 1 aromatic heterocycles. The molecular weight excluding hydrogens is 461 g/mol. The molecule has 2 amide bonds. The van der Waals surface area contributed by atoms with Gasteiger partial charge in [-0.1, -0.05) is 11.6 Å². The molecule has 4 rings (SSSR count). The number of hydrogen-bond acceptors (Lipinski definition) is 5. The van der Waals surface area contributed by atoms with Gasteiger partial charge in [-0.15, -0.1) is 0 Å². The molecule has 0 atom stereocenters. The molecule has 34 heavy (non-hydrogen) atoms. The molecule has 1 aliphatic carbocycles. The summed E-state index contributed by atoms with van der Waals surface area (Å²) in [6, 6.07) is 3.75. The summed E-state index contributed by atoms with van der Waals surface area (Å²) < 4.78 is 15.5. The second-order valence-corrected chi connectivity index (χ2v) is 9.06. The number of aromatic nitrogens is 1. The molecule has 0 saturated heterocycles. The van der Waals surface area contributed by atoms with E-state index in [0.29, 0.717) is 24.2 Å². The van der Waals surface area contributed by atoms with Crippen LogP contribution in [0.2, 0.25) is 5.02 Å². The lowest BCUT2D eigenvalue weighted by Crippen LogP contribution is -2.45. The third kappa shape index (κ3) is 4.27. The smallest absolute Gasteiger partial charge is 0.293 e. The number of hydrogen-bond donors (Lipinski definition) is 4. The number of ketones is 1. The highest BCUT2D eigenvalue weighted by molar-refractivity contribution is 6.44. The van der Waals surface area contributed by atoms with Crippen molar-refractivity contribution >= 4 is 34.9 Å². The summed E-state index contributed by atoms with van der Waals surface area (Å²) >= 11 is 5.90. The number of nitrogens with one attached hydrogen (secondary N) is 4. The van der Waals surface area contributed by atoms with Crippen molar-refractivity contribution in [2.45, 2.75) is 44.7 Å². The van der Waals surface area contributed by atoms with Crippen LogP contribution in [0, 0.1) is 12.7 Å². The van der Waals surface area contributed by atoms with Gasteiger partial charge in [0.25, 0.3) is 17.6 Å². The van der Waals surface area contributed by atoms with Crippen LogP contribution < -0.4 is 21.3 Å². The molecule has 0 unspecified atom stereocenters. The van der Waals surface area contributed by atoms with E-state index in [-0.39, 0.29) is 22.0 Å². The lowest BCUT2D eigenvalue weighted by molar-refractivity contribution is -0.117. The molecule has 2 heterocycles. The van der Waals surface area contributed by atoms with E-state index in [4.69, 9.17) is 11.6 Å². The van der Waals surface area contributed by atoms with Gasteiger partial charge in [0.2, 0.25) is 0 Å². The minimum atomic E-state index is -0.706. The number of likely N-dealkylation sites (N-methyl/N-ethyl adjacent to an activating group) is 1. The van der Waals surface area contributed by atoms with Crippen molar-refractivity contribution in [3.05, 3.63) is 63.5 Å². The minimum absolute atomic E-state index is 0.155. The molecule has 180 valence electrons. The average Bonchev–Trinajstić information content (AvgIpc) is 3.29. The van der Waals surface area contributed by atoms with Crippen molar-refractivity contribution < 1.29 is 18.8 Å². The standard InChI is InChI=1S/C24H27ClFN5O3/c1-13-19(21(32)23(34)30-24(6-7-24)18(28-3)12-27-2)17-5-4-8-31(17)20(13)22(33)29-16-10-14(25)9-15(26)11-16/h9-12,27-28H,4-8H2,1-3H3,(H,29,33)(H,30,34)/b18-12-. The first-order chi connectivity index (χ1) is 16.2. The summed E-state index contributed by atoms with van der Waals surface area (Å²) in [5.74, 6) is -2.44. The molecule has 2 aromatic rings. The molecule has 10 heteroatoms. The fourth-order valence-electron chi connectivity index (χ4n) is 4.70. The number of rotatable bonds is 8. The summed E-state index contributed by atoms with van der Waals surface area (Å²) in [7, 11) is 3.53. The van der Waals surface area contributed by atoms with Crippen LogP contribution in [0.15, 0.2) is 30.1 Å².